The molecule has 2 heterocycles. The zero-order valence-electron chi connectivity index (χ0n) is 21.0. The van der Waals surface area contributed by atoms with Crippen LogP contribution < -0.4 is 16.4 Å². The minimum Gasteiger partial charge on any atom is -0.322 e. The van der Waals surface area contributed by atoms with Crippen LogP contribution in [0.4, 0.5) is 20.7 Å². The summed E-state index contributed by atoms with van der Waals surface area (Å²) in [7, 11) is 0. The SMILES string of the molecule is NC(CCC1CC1)(c1ccccc1)c1ccc(F)c(NC(=O)[C@H]2CCCN2C(=O)Nc2ccc(Cl)cn2)c1. The highest BCUT2D eigenvalue weighted by Gasteiger charge is 2.36. The molecule has 1 aliphatic carbocycles. The zero-order chi connectivity index (χ0) is 26.7. The number of amides is 3. The molecule has 2 aromatic carbocycles. The summed E-state index contributed by atoms with van der Waals surface area (Å²) < 4.78 is 14.9. The number of nitrogens with two attached hydrogens (primary N) is 1. The normalized spacial score (nSPS) is 18.6. The van der Waals surface area contributed by atoms with Crippen LogP contribution in [-0.2, 0) is 10.3 Å². The Balaban J connectivity index is 1.34. The summed E-state index contributed by atoms with van der Waals surface area (Å²) in [4.78, 5) is 31.7. The average molecular weight is 536 g/mol. The fourth-order valence-electron chi connectivity index (χ4n) is 5.06. The number of urea groups is 1. The second kappa shape index (κ2) is 11.1. The Morgan fingerprint density at radius 3 is 2.55 bits per heavy atom. The van der Waals surface area contributed by atoms with Crippen LogP contribution in [0.1, 0.15) is 49.7 Å². The molecule has 1 saturated heterocycles. The van der Waals surface area contributed by atoms with Gasteiger partial charge in [-0.15, -0.1) is 0 Å². The van der Waals surface area contributed by atoms with Gasteiger partial charge in [-0.1, -0.05) is 60.8 Å². The van der Waals surface area contributed by atoms with E-state index in [4.69, 9.17) is 17.3 Å². The summed E-state index contributed by atoms with van der Waals surface area (Å²) in [5.41, 5.74) is 7.93. The molecule has 3 aromatic rings. The first-order chi connectivity index (χ1) is 18.3. The van der Waals surface area contributed by atoms with Crippen LogP contribution in [0.25, 0.3) is 0 Å². The van der Waals surface area contributed by atoms with E-state index >= 15 is 0 Å². The molecule has 2 atom stereocenters. The van der Waals surface area contributed by atoms with Crippen LogP contribution >= 0.6 is 11.6 Å². The maximum Gasteiger partial charge on any atom is 0.323 e. The van der Waals surface area contributed by atoms with Crippen LogP contribution in [0, 0.1) is 11.7 Å². The van der Waals surface area contributed by atoms with E-state index in [1.165, 1.54) is 30.0 Å². The number of rotatable bonds is 8. The standard InChI is InChI=1S/C29H31ClFN5O2/c30-22-11-13-26(33-18-22)35-28(38)36-16-4-7-25(36)27(37)34-24-17-21(10-12-23(24)31)29(32,15-14-19-8-9-19)20-5-2-1-3-6-20/h1-3,5-6,10-13,17-19,25H,4,7-9,14-16,32H2,(H,34,37)(H,33,35,38)/t25-,29?/m1/s1. The van der Waals surface area contributed by atoms with Crippen molar-refractivity contribution in [3.8, 4) is 0 Å². The zero-order valence-corrected chi connectivity index (χ0v) is 21.8. The first kappa shape index (κ1) is 26.1. The van der Waals surface area contributed by atoms with Crippen LogP contribution in [0.5, 0.6) is 0 Å². The number of likely N-dealkylation sites (tertiary alicyclic amines) is 1. The molecule has 1 aromatic heterocycles. The fraction of sp³-hybridized carbons (Fsp3) is 0.345. The number of nitrogens with one attached hydrogen (secondary N) is 2. The number of anilines is 2. The van der Waals surface area contributed by atoms with Crippen LogP contribution in [0.15, 0.2) is 66.9 Å². The number of hydrogen-bond donors (Lipinski definition) is 3. The number of carbonyl (C=O) groups is 2. The molecule has 2 fully saturated rings. The summed E-state index contributed by atoms with van der Waals surface area (Å²) in [6, 6.07) is 16.5. The summed E-state index contributed by atoms with van der Waals surface area (Å²) >= 11 is 5.86. The Hall–Kier alpha value is -3.49. The number of hydrogen-bond acceptors (Lipinski definition) is 4. The van der Waals surface area contributed by atoms with E-state index in [2.05, 4.69) is 15.6 Å². The van der Waals surface area contributed by atoms with Gasteiger partial charge in [-0.2, -0.15) is 0 Å². The minimum atomic E-state index is -0.818. The maximum absolute atomic E-state index is 14.9. The lowest BCUT2D eigenvalue weighted by atomic mass is 9.79. The van der Waals surface area contributed by atoms with Crippen molar-refractivity contribution in [2.45, 2.75) is 50.1 Å². The van der Waals surface area contributed by atoms with Crippen molar-refractivity contribution in [1.29, 1.82) is 0 Å². The average Bonchev–Trinajstić information content (AvgIpc) is 3.63. The second-order valence-corrected chi connectivity index (χ2v) is 10.6. The summed E-state index contributed by atoms with van der Waals surface area (Å²) in [6.07, 6.45) is 6.70. The summed E-state index contributed by atoms with van der Waals surface area (Å²) in [6.45, 7) is 0.404. The Morgan fingerprint density at radius 2 is 1.84 bits per heavy atom. The maximum atomic E-state index is 14.9. The molecule has 1 unspecified atom stereocenters. The molecule has 5 rings (SSSR count). The predicted molar refractivity (Wildman–Crippen MR) is 146 cm³/mol. The highest BCUT2D eigenvalue weighted by atomic mass is 35.5. The van der Waals surface area contributed by atoms with Gasteiger partial charge in [0.25, 0.3) is 0 Å². The molecule has 1 saturated carbocycles. The van der Waals surface area contributed by atoms with E-state index in [-0.39, 0.29) is 5.69 Å². The quantitative estimate of drug-likeness (QED) is 0.334. The Labute approximate surface area is 226 Å². The van der Waals surface area contributed by atoms with E-state index in [1.807, 2.05) is 30.3 Å². The third-order valence-electron chi connectivity index (χ3n) is 7.45. The molecule has 4 N–H and O–H groups in total. The first-order valence-electron chi connectivity index (χ1n) is 13.0. The predicted octanol–water partition coefficient (Wildman–Crippen LogP) is 5.90. The van der Waals surface area contributed by atoms with Crippen LogP contribution in [-0.4, -0.2) is 34.4 Å². The number of nitrogens with zero attached hydrogens (tertiary/aromatic N) is 2. The van der Waals surface area contributed by atoms with Gasteiger partial charge in [-0.05, 0) is 67.0 Å². The molecular weight excluding hydrogens is 505 g/mol. The van der Waals surface area contributed by atoms with Crippen molar-refractivity contribution in [2.75, 3.05) is 17.2 Å². The van der Waals surface area contributed by atoms with Gasteiger partial charge in [-0.3, -0.25) is 10.1 Å². The van der Waals surface area contributed by atoms with Gasteiger partial charge in [0, 0.05) is 12.7 Å². The number of carbonyl (C=O) groups excluding carboxylic acids is 2. The minimum absolute atomic E-state index is 0.0521. The Bertz CT molecular complexity index is 1300. The molecule has 3 amide bonds. The van der Waals surface area contributed by atoms with Gasteiger partial charge in [0.1, 0.15) is 17.7 Å². The summed E-state index contributed by atoms with van der Waals surface area (Å²) in [5.74, 6) is 0.0107. The van der Waals surface area contributed by atoms with Crippen molar-refractivity contribution in [3.63, 3.8) is 0 Å². The van der Waals surface area contributed by atoms with Crippen molar-refractivity contribution in [2.24, 2.45) is 11.7 Å². The second-order valence-electron chi connectivity index (χ2n) is 10.1. The molecule has 7 nitrogen and oxygen atoms in total. The van der Waals surface area contributed by atoms with Crippen molar-refractivity contribution < 1.29 is 14.0 Å². The molecule has 0 radical (unpaired) electrons. The monoisotopic (exact) mass is 535 g/mol. The van der Waals surface area contributed by atoms with Gasteiger partial charge >= 0.3 is 6.03 Å². The van der Waals surface area contributed by atoms with Crippen LogP contribution in [0.2, 0.25) is 5.02 Å². The number of benzene rings is 2. The van der Waals surface area contributed by atoms with E-state index < -0.39 is 29.3 Å². The molecule has 0 spiro atoms. The van der Waals surface area contributed by atoms with Gasteiger partial charge in [-0.25, -0.2) is 14.2 Å². The molecule has 9 heteroatoms. The van der Waals surface area contributed by atoms with Gasteiger partial charge in [0.2, 0.25) is 5.91 Å². The van der Waals surface area contributed by atoms with Crippen molar-refractivity contribution >= 4 is 35.0 Å². The van der Waals surface area contributed by atoms with Crippen molar-refractivity contribution in [1.82, 2.24) is 9.88 Å². The number of pyridine rings is 1. The van der Waals surface area contributed by atoms with Crippen LogP contribution in [0.3, 0.4) is 0 Å². The van der Waals surface area contributed by atoms with E-state index in [0.717, 1.165) is 24.0 Å². The first-order valence-corrected chi connectivity index (χ1v) is 13.4. The van der Waals surface area contributed by atoms with Gasteiger partial charge < -0.3 is 16.0 Å². The smallest absolute Gasteiger partial charge is 0.322 e. The molecular formula is C29H31ClFN5O2. The molecule has 38 heavy (non-hydrogen) atoms. The molecule has 0 bridgehead atoms. The highest BCUT2D eigenvalue weighted by molar-refractivity contribution is 6.30. The van der Waals surface area contributed by atoms with E-state index in [1.54, 1.807) is 24.3 Å². The number of aromatic nitrogens is 1. The van der Waals surface area contributed by atoms with Gasteiger partial charge in [0.15, 0.2) is 0 Å². The molecule has 2 aliphatic rings. The number of halogens is 2. The third kappa shape index (κ3) is 5.81. The lowest BCUT2D eigenvalue weighted by Gasteiger charge is -2.32. The fourth-order valence-corrected chi connectivity index (χ4v) is 5.17. The highest BCUT2D eigenvalue weighted by Crippen LogP contribution is 2.40. The van der Waals surface area contributed by atoms with Gasteiger partial charge in [0.05, 0.1) is 16.2 Å². The third-order valence-corrected chi connectivity index (χ3v) is 7.67. The lowest BCUT2D eigenvalue weighted by Crippen LogP contribution is -2.45. The molecule has 1 aliphatic heterocycles. The van der Waals surface area contributed by atoms with Crippen molar-refractivity contribution in [3.05, 3.63) is 88.8 Å². The lowest BCUT2D eigenvalue weighted by molar-refractivity contribution is -0.119. The van der Waals surface area contributed by atoms with E-state index in [9.17, 15) is 14.0 Å². The van der Waals surface area contributed by atoms with E-state index in [0.29, 0.717) is 36.1 Å². The molecule has 198 valence electrons. The summed E-state index contributed by atoms with van der Waals surface area (Å²) in [5, 5.41) is 5.87. The largest absolute Gasteiger partial charge is 0.323 e. The Kier molecular flexibility index (Phi) is 7.63. The Morgan fingerprint density at radius 1 is 1.05 bits per heavy atom. The topological polar surface area (TPSA) is 100 Å².